The second kappa shape index (κ2) is 5.06. The summed E-state index contributed by atoms with van der Waals surface area (Å²) in [6, 6.07) is 4.20. The normalized spacial score (nSPS) is 11.8. The fourth-order valence-corrected chi connectivity index (χ4v) is 3.30. The molecule has 5 nitrogen and oxygen atoms in total. The minimum Gasteiger partial charge on any atom is -0.345 e. The summed E-state index contributed by atoms with van der Waals surface area (Å²) in [5.74, 6) is -1.60. The summed E-state index contributed by atoms with van der Waals surface area (Å²) < 4.78 is 53.6. The summed E-state index contributed by atoms with van der Waals surface area (Å²) in [6.45, 7) is 1.77. The lowest BCUT2D eigenvalue weighted by molar-refractivity contribution is 0.595. The van der Waals surface area contributed by atoms with Crippen LogP contribution in [0, 0.1) is 18.6 Å². The number of pyridine rings is 1. The molecule has 0 aliphatic rings. The van der Waals surface area contributed by atoms with Crippen molar-refractivity contribution in [1.82, 2.24) is 9.97 Å². The molecule has 3 aromatic rings. The molecule has 0 amide bonds. The molecule has 0 fully saturated rings. The van der Waals surface area contributed by atoms with Gasteiger partial charge in [0.15, 0.2) is 0 Å². The number of benzene rings is 1. The van der Waals surface area contributed by atoms with Gasteiger partial charge >= 0.3 is 0 Å². The monoisotopic (exact) mass is 323 g/mol. The molecule has 0 aliphatic heterocycles. The summed E-state index contributed by atoms with van der Waals surface area (Å²) in [4.78, 5) is 6.73. The topological polar surface area (TPSA) is 74.8 Å². The molecule has 0 aliphatic carbocycles. The molecule has 2 aromatic heterocycles. The number of hydrogen-bond donors (Lipinski definition) is 2. The quantitative estimate of drug-likeness (QED) is 0.778. The molecule has 22 heavy (non-hydrogen) atoms. The maximum atomic E-state index is 13.6. The molecule has 1 aromatic carbocycles. The number of aromatic amines is 1. The van der Waals surface area contributed by atoms with Crippen LogP contribution in [-0.2, 0) is 10.0 Å². The molecular formula is C14H11F2N3O2S. The summed E-state index contributed by atoms with van der Waals surface area (Å²) >= 11 is 0. The Balaban J connectivity index is 2.08. The maximum Gasteiger partial charge on any atom is 0.264 e. The summed E-state index contributed by atoms with van der Waals surface area (Å²) in [5.41, 5.74) is 0.723. The van der Waals surface area contributed by atoms with Crippen molar-refractivity contribution in [1.29, 1.82) is 0 Å². The zero-order valence-electron chi connectivity index (χ0n) is 11.4. The third kappa shape index (κ3) is 2.52. The predicted molar refractivity (Wildman–Crippen MR) is 78.0 cm³/mol. The number of fused-ring (bicyclic) bond motifs is 1. The molecule has 2 N–H and O–H groups in total. The molecule has 0 saturated heterocycles. The van der Waals surface area contributed by atoms with Crippen molar-refractivity contribution in [2.45, 2.75) is 11.8 Å². The van der Waals surface area contributed by atoms with Crippen LogP contribution in [0.25, 0.3) is 11.0 Å². The van der Waals surface area contributed by atoms with Crippen molar-refractivity contribution in [3.8, 4) is 0 Å². The van der Waals surface area contributed by atoms with Crippen LogP contribution in [0.1, 0.15) is 5.56 Å². The molecule has 0 saturated carbocycles. The van der Waals surface area contributed by atoms with Crippen LogP contribution in [0.3, 0.4) is 0 Å². The molecule has 0 atom stereocenters. The van der Waals surface area contributed by atoms with E-state index in [1.54, 1.807) is 19.2 Å². The third-order valence-corrected chi connectivity index (χ3v) is 4.50. The van der Waals surface area contributed by atoms with Crippen LogP contribution in [0.15, 0.2) is 41.6 Å². The average Bonchev–Trinajstić information content (AvgIpc) is 2.86. The van der Waals surface area contributed by atoms with E-state index in [4.69, 9.17) is 0 Å². The summed E-state index contributed by atoms with van der Waals surface area (Å²) in [7, 11) is -4.08. The first-order valence-electron chi connectivity index (χ1n) is 6.28. The number of nitrogens with one attached hydrogen (secondary N) is 2. The zero-order chi connectivity index (χ0) is 15.9. The van der Waals surface area contributed by atoms with Crippen LogP contribution >= 0.6 is 0 Å². The summed E-state index contributed by atoms with van der Waals surface area (Å²) in [6.07, 6.45) is 2.85. The number of nitrogens with zero attached hydrogens (tertiary/aromatic N) is 1. The van der Waals surface area contributed by atoms with Crippen molar-refractivity contribution in [3.63, 3.8) is 0 Å². The van der Waals surface area contributed by atoms with Gasteiger partial charge in [-0.2, -0.15) is 0 Å². The van der Waals surface area contributed by atoms with Gasteiger partial charge in [-0.1, -0.05) is 0 Å². The molecular weight excluding hydrogens is 312 g/mol. The third-order valence-electron chi connectivity index (χ3n) is 3.09. The Morgan fingerprint density at radius 2 is 2.00 bits per heavy atom. The SMILES string of the molecule is Cc1cnc2[nH]cc(S(=O)(=O)Nc3cc(F)ccc3F)c2c1. The second-order valence-electron chi connectivity index (χ2n) is 4.79. The Bertz CT molecular complexity index is 967. The molecule has 3 rings (SSSR count). The van der Waals surface area contributed by atoms with Crippen LogP contribution in [0.4, 0.5) is 14.5 Å². The van der Waals surface area contributed by atoms with Gasteiger partial charge in [-0.05, 0) is 30.7 Å². The fraction of sp³-hybridized carbons (Fsp3) is 0.0714. The molecule has 2 heterocycles. The average molecular weight is 323 g/mol. The van der Waals surface area contributed by atoms with Crippen LogP contribution < -0.4 is 4.72 Å². The standard InChI is InChI=1S/C14H11F2N3O2S/c1-8-4-10-13(7-18-14(10)17-6-8)22(20,21)19-12-5-9(15)2-3-11(12)16/h2-7,19H,1H3,(H,17,18). The number of halogens is 2. The van der Waals surface area contributed by atoms with Gasteiger partial charge < -0.3 is 4.98 Å². The smallest absolute Gasteiger partial charge is 0.264 e. The van der Waals surface area contributed by atoms with Crippen molar-refractivity contribution >= 4 is 26.7 Å². The second-order valence-corrected chi connectivity index (χ2v) is 6.44. The highest BCUT2D eigenvalue weighted by molar-refractivity contribution is 7.93. The molecule has 0 unspecified atom stereocenters. The first kappa shape index (κ1) is 14.5. The van der Waals surface area contributed by atoms with Crippen molar-refractivity contribution in [3.05, 3.63) is 53.9 Å². The Hall–Kier alpha value is -2.48. The number of anilines is 1. The van der Waals surface area contributed by atoms with Crippen LogP contribution in [0.5, 0.6) is 0 Å². The van der Waals surface area contributed by atoms with E-state index in [9.17, 15) is 17.2 Å². The Morgan fingerprint density at radius 1 is 1.23 bits per heavy atom. The molecule has 8 heteroatoms. The van der Waals surface area contributed by atoms with Gasteiger partial charge in [0.2, 0.25) is 0 Å². The minimum atomic E-state index is -4.08. The van der Waals surface area contributed by atoms with Crippen molar-refractivity contribution in [2.75, 3.05) is 4.72 Å². The van der Waals surface area contributed by atoms with E-state index < -0.39 is 27.3 Å². The van der Waals surface area contributed by atoms with E-state index in [-0.39, 0.29) is 4.90 Å². The lowest BCUT2D eigenvalue weighted by Gasteiger charge is -2.08. The Labute approximate surface area is 125 Å². The van der Waals surface area contributed by atoms with Crippen LogP contribution in [0.2, 0.25) is 0 Å². The maximum absolute atomic E-state index is 13.6. The van der Waals surface area contributed by atoms with Gasteiger partial charge in [0.1, 0.15) is 22.2 Å². The minimum absolute atomic E-state index is 0.0811. The first-order chi connectivity index (χ1) is 10.4. The van der Waals surface area contributed by atoms with Gasteiger partial charge in [0, 0.05) is 23.8 Å². The molecule has 0 spiro atoms. The highest BCUT2D eigenvalue weighted by Crippen LogP contribution is 2.25. The van der Waals surface area contributed by atoms with E-state index in [2.05, 4.69) is 14.7 Å². The van der Waals surface area contributed by atoms with E-state index in [1.165, 1.54) is 6.20 Å². The zero-order valence-corrected chi connectivity index (χ0v) is 12.2. The molecule has 0 radical (unpaired) electrons. The number of aryl methyl sites for hydroxylation is 1. The lowest BCUT2D eigenvalue weighted by atomic mass is 10.2. The van der Waals surface area contributed by atoms with Gasteiger partial charge in [-0.25, -0.2) is 22.2 Å². The van der Waals surface area contributed by atoms with E-state index in [0.717, 1.165) is 23.8 Å². The predicted octanol–water partition coefficient (Wildman–Crippen LogP) is 2.95. The summed E-state index contributed by atoms with van der Waals surface area (Å²) in [5, 5.41) is 0.379. The van der Waals surface area contributed by atoms with Gasteiger partial charge in [0.05, 0.1) is 5.69 Å². The van der Waals surface area contributed by atoms with E-state index in [0.29, 0.717) is 11.0 Å². The van der Waals surface area contributed by atoms with E-state index >= 15 is 0 Å². The van der Waals surface area contributed by atoms with Gasteiger partial charge in [-0.3, -0.25) is 4.72 Å². The number of H-pyrrole nitrogens is 1. The molecule has 0 bridgehead atoms. The van der Waals surface area contributed by atoms with E-state index in [1.807, 2.05) is 0 Å². The Morgan fingerprint density at radius 3 is 2.77 bits per heavy atom. The lowest BCUT2D eigenvalue weighted by Crippen LogP contribution is -2.13. The largest absolute Gasteiger partial charge is 0.345 e. The van der Waals surface area contributed by atoms with Gasteiger partial charge in [0.25, 0.3) is 10.0 Å². The number of rotatable bonds is 3. The highest BCUT2D eigenvalue weighted by Gasteiger charge is 2.21. The van der Waals surface area contributed by atoms with Gasteiger partial charge in [-0.15, -0.1) is 0 Å². The molecule has 114 valence electrons. The number of sulfonamides is 1. The van der Waals surface area contributed by atoms with Crippen molar-refractivity contribution in [2.24, 2.45) is 0 Å². The van der Waals surface area contributed by atoms with Crippen molar-refractivity contribution < 1.29 is 17.2 Å². The van der Waals surface area contributed by atoms with Crippen LogP contribution in [-0.4, -0.2) is 18.4 Å². The highest BCUT2D eigenvalue weighted by atomic mass is 32.2. The fourth-order valence-electron chi connectivity index (χ4n) is 2.08. The first-order valence-corrected chi connectivity index (χ1v) is 7.77. The number of hydrogen-bond acceptors (Lipinski definition) is 3. The number of aromatic nitrogens is 2. The Kier molecular flexibility index (Phi) is 3.32.